The summed E-state index contributed by atoms with van der Waals surface area (Å²) in [4.78, 5) is 15.2. The van der Waals surface area contributed by atoms with Crippen LogP contribution in [0.2, 0.25) is 5.02 Å². The van der Waals surface area contributed by atoms with Gasteiger partial charge in [-0.15, -0.1) is 0 Å². The summed E-state index contributed by atoms with van der Waals surface area (Å²) in [6.07, 6.45) is 2.70. The van der Waals surface area contributed by atoms with Crippen molar-refractivity contribution in [1.82, 2.24) is 10.2 Å². The maximum atomic E-state index is 13.9. The van der Waals surface area contributed by atoms with Crippen LogP contribution in [0.1, 0.15) is 43.9 Å². The molecule has 1 amide bonds. The van der Waals surface area contributed by atoms with Crippen LogP contribution in [0.5, 0.6) is 0 Å². The van der Waals surface area contributed by atoms with Gasteiger partial charge in [0.15, 0.2) is 0 Å². The summed E-state index contributed by atoms with van der Waals surface area (Å²) in [5.74, 6) is 0.0632. The highest BCUT2D eigenvalue weighted by Crippen LogP contribution is 2.46. The van der Waals surface area contributed by atoms with Crippen LogP contribution in [-0.4, -0.2) is 36.7 Å². The smallest absolute Gasteiger partial charge is 0.407 e. The minimum atomic E-state index is -0.421. The van der Waals surface area contributed by atoms with Crippen molar-refractivity contribution < 1.29 is 13.9 Å². The van der Waals surface area contributed by atoms with Crippen molar-refractivity contribution in [3.05, 3.63) is 58.4 Å². The van der Waals surface area contributed by atoms with Gasteiger partial charge in [0.05, 0.1) is 11.1 Å². The highest BCUT2D eigenvalue weighted by atomic mass is 35.5. The topological polar surface area (TPSA) is 41.6 Å². The van der Waals surface area contributed by atoms with E-state index in [9.17, 15) is 9.18 Å². The number of hydrogen-bond donors (Lipinski definition) is 1. The van der Waals surface area contributed by atoms with E-state index in [0.717, 1.165) is 55.6 Å². The molecule has 164 valence electrons. The first-order valence-electron chi connectivity index (χ1n) is 11.1. The van der Waals surface area contributed by atoms with E-state index in [0.29, 0.717) is 11.5 Å². The third-order valence-electron chi connectivity index (χ3n) is 7.26. The lowest BCUT2D eigenvalue weighted by Gasteiger charge is -2.44. The summed E-state index contributed by atoms with van der Waals surface area (Å²) in [7, 11) is 0. The fourth-order valence-corrected chi connectivity index (χ4v) is 5.79. The van der Waals surface area contributed by atoms with Crippen LogP contribution < -0.4 is 5.32 Å². The molecule has 2 aromatic carbocycles. The molecule has 4 nitrogen and oxygen atoms in total. The number of alkyl carbamates (subject to hydrolysis) is 1. The minimum absolute atomic E-state index is 0.0102. The minimum Gasteiger partial charge on any atom is -0.445 e. The van der Waals surface area contributed by atoms with Crippen molar-refractivity contribution in [1.29, 1.82) is 0 Å². The largest absolute Gasteiger partial charge is 0.445 e. The van der Waals surface area contributed by atoms with Crippen molar-refractivity contribution >= 4 is 17.7 Å². The molecule has 0 spiro atoms. The molecule has 0 aromatic heterocycles. The molecular formula is C25H28ClFN2O2. The second kappa shape index (κ2) is 7.79. The van der Waals surface area contributed by atoms with Gasteiger partial charge in [-0.3, -0.25) is 4.90 Å². The molecule has 3 aliphatic heterocycles. The Morgan fingerprint density at radius 3 is 2.71 bits per heavy atom. The van der Waals surface area contributed by atoms with Gasteiger partial charge in [0.1, 0.15) is 11.9 Å². The number of halogens is 2. The number of ether oxygens (including phenoxy) is 1. The SMILES string of the molecule is CC1(C)Cc2cc(-c3cccc(F)c3Cl)ccc2C1NC(=O)O[C@@H]1CN2CCC1CC2. The van der Waals surface area contributed by atoms with Crippen molar-refractivity contribution in [2.24, 2.45) is 11.3 Å². The van der Waals surface area contributed by atoms with Gasteiger partial charge < -0.3 is 10.1 Å². The summed E-state index contributed by atoms with van der Waals surface area (Å²) in [6, 6.07) is 10.8. The molecule has 2 atom stereocenters. The van der Waals surface area contributed by atoms with Gasteiger partial charge in [0.2, 0.25) is 0 Å². The van der Waals surface area contributed by atoms with E-state index in [2.05, 4.69) is 30.1 Å². The molecule has 3 fully saturated rings. The van der Waals surface area contributed by atoms with Crippen molar-refractivity contribution in [2.45, 2.75) is 45.3 Å². The Morgan fingerprint density at radius 1 is 1.23 bits per heavy atom. The number of nitrogens with one attached hydrogen (secondary N) is 1. The van der Waals surface area contributed by atoms with Crippen LogP contribution in [0.15, 0.2) is 36.4 Å². The highest BCUT2D eigenvalue weighted by molar-refractivity contribution is 6.33. The van der Waals surface area contributed by atoms with Gasteiger partial charge in [-0.1, -0.05) is 55.8 Å². The quantitative estimate of drug-likeness (QED) is 0.673. The van der Waals surface area contributed by atoms with Crippen molar-refractivity contribution in [2.75, 3.05) is 19.6 Å². The molecule has 4 aliphatic rings. The molecule has 2 bridgehead atoms. The first-order chi connectivity index (χ1) is 14.8. The predicted molar refractivity (Wildman–Crippen MR) is 120 cm³/mol. The van der Waals surface area contributed by atoms with Crippen molar-refractivity contribution in [3.8, 4) is 11.1 Å². The number of piperidine rings is 3. The zero-order valence-corrected chi connectivity index (χ0v) is 18.7. The number of carbonyl (C=O) groups excluding carboxylic acids is 1. The summed E-state index contributed by atoms with van der Waals surface area (Å²) >= 11 is 6.20. The lowest BCUT2D eigenvalue weighted by Crippen LogP contribution is -2.53. The Labute approximate surface area is 187 Å². The summed E-state index contributed by atoms with van der Waals surface area (Å²) in [5.41, 5.74) is 3.65. The lowest BCUT2D eigenvalue weighted by molar-refractivity contribution is -0.0348. The molecular weight excluding hydrogens is 415 g/mol. The number of benzene rings is 2. The first-order valence-corrected chi connectivity index (χ1v) is 11.5. The Bertz CT molecular complexity index is 1020. The molecule has 0 radical (unpaired) electrons. The van der Waals surface area contributed by atoms with E-state index in [-0.39, 0.29) is 28.7 Å². The average Bonchev–Trinajstić information content (AvgIpc) is 2.99. The molecule has 6 heteroatoms. The number of amides is 1. The Balaban J connectivity index is 1.35. The van der Waals surface area contributed by atoms with Gasteiger partial charge in [0, 0.05) is 12.1 Å². The normalized spacial score (nSPS) is 28.3. The molecule has 6 rings (SSSR count). The second-order valence-electron chi connectivity index (χ2n) is 9.84. The first kappa shape index (κ1) is 20.8. The predicted octanol–water partition coefficient (Wildman–Crippen LogP) is 5.59. The third-order valence-corrected chi connectivity index (χ3v) is 7.65. The fraction of sp³-hybridized carbons (Fsp3) is 0.480. The maximum Gasteiger partial charge on any atom is 0.407 e. The highest BCUT2D eigenvalue weighted by Gasteiger charge is 2.42. The molecule has 31 heavy (non-hydrogen) atoms. The second-order valence-corrected chi connectivity index (χ2v) is 10.2. The Kier molecular flexibility index (Phi) is 5.22. The molecule has 3 heterocycles. The molecule has 1 N–H and O–H groups in total. The molecule has 0 saturated carbocycles. The van der Waals surface area contributed by atoms with Gasteiger partial charge in [0.25, 0.3) is 0 Å². The number of fused-ring (bicyclic) bond motifs is 4. The molecule has 3 saturated heterocycles. The van der Waals surface area contributed by atoms with E-state index in [1.54, 1.807) is 6.07 Å². The van der Waals surface area contributed by atoms with Crippen LogP contribution in [0.3, 0.4) is 0 Å². The van der Waals surface area contributed by atoms with Gasteiger partial charge in [-0.2, -0.15) is 0 Å². The van der Waals surface area contributed by atoms with Gasteiger partial charge in [-0.25, -0.2) is 9.18 Å². The summed E-state index contributed by atoms with van der Waals surface area (Å²) in [6.45, 7) is 7.39. The zero-order valence-electron chi connectivity index (χ0n) is 18.0. The molecule has 1 aliphatic carbocycles. The summed E-state index contributed by atoms with van der Waals surface area (Å²) < 4.78 is 19.8. The molecule has 2 aromatic rings. The fourth-order valence-electron chi connectivity index (χ4n) is 5.56. The van der Waals surface area contributed by atoms with E-state index >= 15 is 0 Å². The Hall–Kier alpha value is -2.11. The van der Waals surface area contributed by atoms with E-state index < -0.39 is 5.82 Å². The van der Waals surface area contributed by atoms with E-state index in [1.165, 1.54) is 6.07 Å². The van der Waals surface area contributed by atoms with Crippen LogP contribution in [0, 0.1) is 17.2 Å². The summed E-state index contributed by atoms with van der Waals surface area (Å²) in [5, 5.41) is 3.28. The number of rotatable bonds is 3. The average molecular weight is 443 g/mol. The lowest BCUT2D eigenvalue weighted by atomic mass is 9.85. The Morgan fingerprint density at radius 2 is 2.00 bits per heavy atom. The van der Waals surface area contributed by atoms with E-state index in [4.69, 9.17) is 16.3 Å². The molecule has 1 unspecified atom stereocenters. The standard InChI is InChI=1S/C25H28ClFN2O2/c1-25(2)13-17-12-16(18-4-3-5-20(27)22(18)26)6-7-19(17)23(25)28-24(30)31-21-14-29-10-8-15(21)9-11-29/h3-7,12,15,21,23H,8-11,13-14H2,1-2H3,(H,28,30)/t21-,23?/m1/s1. The zero-order chi connectivity index (χ0) is 21.8. The number of nitrogens with zero attached hydrogens (tertiary/aromatic N) is 1. The number of hydrogen-bond acceptors (Lipinski definition) is 3. The van der Waals surface area contributed by atoms with Crippen LogP contribution in [0.25, 0.3) is 11.1 Å². The third kappa shape index (κ3) is 3.83. The van der Waals surface area contributed by atoms with Crippen LogP contribution >= 0.6 is 11.6 Å². The monoisotopic (exact) mass is 442 g/mol. The van der Waals surface area contributed by atoms with E-state index in [1.807, 2.05) is 18.2 Å². The van der Waals surface area contributed by atoms with Crippen molar-refractivity contribution in [3.63, 3.8) is 0 Å². The van der Waals surface area contributed by atoms with Crippen LogP contribution in [-0.2, 0) is 11.2 Å². The van der Waals surface area contributed by atoms with Crippen LogP contribution in [0.4, 0.5) is 9.18 Å². The maximum absolute atomic E-state index is 13.9. The number of carbonyl (C=O) groups is 1. The van der Waals surface area contributed by atoms with Gasteiger partial charge in [-0.05, 0) is 66.4 Å². The van der Waals surface area contributed by atoms with Gasteiger partial charge >= 0.3 is 6.09 Å².